The van der Waals surface area contributed by atoms with Crippen molar-refractivity contribution in [1.29, 1.82) is 0 Å². The summed E-state index contributed by atoms with van der Waals surface area (Å²) in [7, 11) is 0. The molecule has 0 N–H and O–H groups in total. The molecule has 0 fully saturated rings. The molecule has 0 aromatic carbocycles. The van der Waals surface area contributed by atoms with Crippen LogP contribution in [0.25, 0.3) is 0 Å². The van der Waals surface area contributed by atoms with Crippen LogP contribution in [-0.4, -0.2) is 19.3 Å². The second-order valence-electron chi connectivity index (χ2n) is 6.06. The van der Waals surface area contributed by atoms with Crippen LogP contribution in [0.1, 0.15) is 71.6 Å². The molecule has 0 rings (SSSR count). The van der Waals surface area contributed by atoms with Crippen molar-refractivity contribution in [2.75, 3.05) is 6.61 Å². The lowest BCUT2D eigenvalue weighted by atomic mass is 10.1. The number of ether oxygens (including phenoxy) is 1. The molecule has 0 saturated heterocycles. The zero-order chi connectivity index (χ0) is 16.8. The summed E-state index contributed by atoms with van der Waals surface area (Å²) in [5.74, 6) is -0.274. The van der Waals surface area contributed by atoms with Crippen molar-refractivity contribution in [3.63, 3.8) is 0 Å². The monoisotopic (exact) mass is 366 g/mol. The van der Waals surface area contributed by atoms with Crippen LogP contribution in [0.4, 0.5) is 0 Å². The molecular formula is C17H32Cl2O2Si. The van der Waals surface area contributed by atoms with Crippen molar-refractivity contribution in [1.82, 2.24) is 0 Å². The summed E-state index contributed by atoms with van der Waals surface area (Å²) < 4.78 is 5.06. The second-order valence-corrected chi connectivity index (χ2v) is 13.9. The number of esters is 1. The molecule has 5 heteroatoms. The van der Waals surface area contributed by atoms with Crippen LogP contribution >= 0.6 is 22.2 Å². The van der Waals surface area contributed by atoms with E-state index in [9.17, 15) is 4.79 Å². The first-order valence-corrected chi connectivity index (χ1v) is 13.0. The first kappa shape index (κ1) is 22.0. The fourth-order valence-corrected chi connectivity index (χ4v) is 4.11. The van der Waals surface area contributed by atoms with Crippen LogP contribution in [0.5, 0.6) is 0 Å². The Bertz CT molecular complexity index is 320. The molecular weight excluding hydrogens is 335 g/mol. The SMILES string of the molecule is C=C(C)C(=O)OCCCCCCCCCCC[Si](Cl)(Cl)CC. The Balaban J connectivity index is 3.21. The fraction of sp³-hybridized carbons (Fsp3) is 0.824. The van der Waals surface area contributed by atoms with Gasteiger partial charge >= 0.3 is 5.97 Å². The molecule has 0 heterocycles. The number of hydrogen-bond donors (Lipinski definition) is 0. The Morgan fingerprint density at radius 1 is 0.955 bits per heavy atom. The van der Waals surface area contributed by atoms with Gasteiger partial charge in [0.25, 0.3) is 6.69 Å². The summed E-state index contributed by atoms with van der Waals surface area (Å²) in [5.41, 5.74) is 0.474. The van der Waals surface area contributed by atoms with Gasteiger partial charge in [-0.1, -0.05) is 64.9 Å². The molecule has 0 aliphatic carbocycles. The molecule has 22 heavy (non-hydrogen) atoms. The van der Waals surface area contributed by atoms with Crippen molar-refractivity contribution in [2.45, 2.75) is 83.7 Å². The quantitative estimate of drug-likeness (QED) is 0.114. The Morgan fingerprint density at radius 3 is 1.86 bits per heavy atom. The second kappa shape index (κ2) is 13.4. The van der Waals surface area contributed by atoms with Crippen LogP contribution < -0.4 is 0 Å². The van der Waals surface area contributed by atoms with Crippen LogP contribution in [0, 0.1) is 0 Å². The molecule has 0 unspecified atom stereocenters. The first-order valence-electron chi connectivity index (χ1n) is 8.59. The van der Waals surface area contributed by atoms with Gasteiger partial charge in [-0.05, 0) is 25.4 Å². The normalized spacial score (nSPS) is 11.5. The third-order valence-corrected chi connectivity index (χ3v) is 8.64. The highest BCUT2D eigenvalue weighted by Gasteiger charge is 2.24. The maximum absolute atomic E-state index is 11.1. The van der Waals surface area contributed by atoms with Crippen molar-refractivity contribution in [3.05, 3.63) is 12.2 Å². The van der Waals surface area contributed by atoms with Gasteiger partial charge in [-0.2, -0.15) is 0 Å². The van der Waals surface area contributed by atoms with Gasteiger partial charge in [0.2, 0.25) is 0 Å². The molecule has 0 spiro atoms. The minimum atomic E-state index is -1.88. The Labute approximate surface area is 147 Å². The standard InChI is InChI=1S/C17H32Cl2O2Si/c1-4-22(18,19)15-13-11-9-7-5-6-8-10-12-14-21-17(20)16(2)3/h2,4-15H2,1,3H3. The van der Waals surface area contributed by atoms with Crippen LogP contribution in [0.15, 0.2) is 12.2 Å². The lowest BCUT2D eigenvalue weighted by molar-refractivity contribution is -0.139. The summed E-state index contributed by atoms with van der Waals surface area (Å²) in [6.45, 7) is 5.95. The van der Waals surface area contributed by atoms with E-state index < -0.39 is 6.69 Å². The molecule has 0 aliphatic heterocycles. The topological polar surface area (TPSA) is 26.3 Å². The first-order chi connectivity index (χ1) is 10.4. The van der Waals surface area contributed by atoms with Gasteiger partial charge in [0, 0.05) is 5.57 Å². The highest BCUT2D eigenvalue weighted by atomic mass is 35.7. The summed E-state index contributed by atoms with van der Waals surface area (Å²) >= 11 is 12.5. The number of carbonyl (C=O) groups excluding carboxylic acids is 1. The van der Waals surface area contributed by atoms with Gasteiger partial charge in [-0.15, -0.1) is 22.2 Å². The summed E-state index contributed by atoms with van der Waals surface area (Å²) in [6, 6.07) is 1.99. The van der Waals surface area contributed by atoms with E-state index in [0.717, 1.165) is 24.9 Å². The van der Waals surface area contributed by atoms with Gasteiger partial charge in [-0.3, -0.25) is 0 Å². The van der Waals surface area contributed by atoms with E-state index in [1.807, 2.05) is 0 Å². The highest BCUT2D eigenvalue weighted by Crippen LogP contribution is 2.27. The van der Waals surface area contributed by atoms with E-state index in [0.29, 0.717) is 12.2 Å². The van der Waals surface area contributed by atoms with Crippen molar-refractivity contribution >= 4 is 34.8 Å². The van der Waals surface area contributed by atoms with Crippen molar-refractivity contribution in [2.24, 2.45) is 0 Å². The van der Waals surface area contributed by atoms with E-state index in [1.54, 1.807) is 6.92 Å². The number of halogens is 2. The molecule has 0 bridgehead atoms. The van der Waals surface area contributed by atoms with Crippen LogP contribution in [0.3, 0.4) is 0 Å². The molecule has 0 saturated carbocycles. The minimum absolute atomic E-state index is 0.274. The van der Waals surface area contributed by atoms with E-state index in [1.165, 1.54) is 44.9 Å². The van der Waals surface area contributed by atoms with Crippen molar-refractivity contribution in [3.8, 4) is 0 Å². The van der Waals surface area contributed by atoms with Crippen LogP contribution in [-0.2, 0) is 9.53 Å². The van der Waals surface area contributed by atoms with Gasteiger partial charge in [0.15, 0.2) is 0 Å². The number of unbranched alkanes of at least 4 members (excludes halogenated alkanes) is 8. The number of hydrogen-bond acceptors (Lipinski definition) is 2. The zero-order valence-corrected chi connectivity index (χ0v) is 16.8. The molecule has 2 nitrogen and oxygen atoms in total. The van der Waals surface area contributed by atoms with E-state index in [-0.39, 0.29) is 5.97 Å². The van der Waals surface area contributed by atoms with Gasteiger partial charge in [0.1, 0.15) is 0 Å². The predicted octanol–water partition coefficient (Wildman–Crippen LogP) is 6.56. The van der Waals surface area contributed by atoms with Gasteiger partial charge < -0.3 is 4.74 Å². The Morgan fingerprint density at radius 2 is 1.41 bits per heavy atom. The maximum atomic E-state index is 11.1. The largest absolute Gasteiger partial charge is 0.462 e. The van der Waals surface area contributed by atoms with Crippen LogP contribution in [0.2, 0.25) is 12.1 Å². The summed E-state index contributed by atoms with van der Waals surface area (Å²) in [4.78, 5) is 11.1. The van der Waals surface area contributed by atoms with E-state index in [2.05, 4.69) is 13.5 Å². The number of carbonyl (C=O) groups is 1. The zero-order valence-electron chi connectivity index (χ0n) is 14.3. The predicted molar refractivity (Wildman–Crippen MR) is 100 cm³/mol. The van der Waals surface area contributed by atoms with Crippen molar-refractivity contribution < 1.29 is 9.53 Å². The lowest BCUT2D eigenvalue weighted by Gasteiger charge is -2.13. The average molecular weight is 367 g/mol. The number of rotatable bonds is 14. The molecule has 0 aromatic heterocycles. The molecule has 0 aromatic rings. The third kappa shape index (κ3) is 13.7. The van der Waals surface area contributed by atoms with Gasteiger partial charge in [0.05, 0.1) is 6.61 Å². The van der Waals surface area contributed by atoms with E-state index in [4.69, 9.17) is 26.9 Å². The third-order valence-electron chi connectivity index (χ3n) is 3.79. The molecule has 0 aliphatic rings. The molecule has 0 radical (unpaired) electrons. The molecule has 0 amide bonds. The summed E-state index contributed by atoms with van der Waals surface area (Å²) in [5, 5.41) is 0. The lowest BCUT2D eigenvalue weighted by Crippen LogP contribution is -2.16. The van der Waals surface area contributed by atoms with Gasteiger partial charge in [-0.25, -0.2) is 4.79 Å². The Hall–Kier alpha value is 0.00688. The fourth-order valence-electron chi connectivity index (χ4n) is 2.19. The molecule has 130 valence electrons. The smallest absolute Gasteiger partial charge is 0.333 e. The highest BCUT2D eigenvalue weighted by molar-refractivity contribution is 7.45. The Kier molecular flexibility index (Phi) is 13.5. The average Bonchev–Trinajstić information content (AvgIpc) is 2.47. The van der Waals surface area contributed by atoms with E-state index >= 15 is 0 Å². The summed E-state index contributed by atoms with van der Waals surface area (Å²) in [6.07, 6.45) is 10.9. The molecule has 0 atom stereocenters. The minimum Gasteiger partial charge on any atom is -0.462 e. The maximum Gasteiger partial charge on any atom is 0.333 e.